The van der Waals surface area contributed by atoms with Gasteiger partial charge in [0.15, 0.2) is 0 Å². The van der Waals surface area contributed by atoms with Crippen LogP contribution in [0.1, 0.15) is 0 Å². The van der Waals surface area contributed by atoms with E-state index in [1.807, 2.05) is 0 Å². The summed E-state index contributed by atoms with van der Waals surface area (Å²) in [6.45, 7) is -3.25. The second-order valence-electron chi connectivity index (χ2n) is 4.26. The van der Waals surface area contributed by atoms with Gasteiger partial charge in [0.2, 0.25) is 0 Å². The summed E-state index contributed by atoms with van der Waals surface area (Å²) < 4.78 is 0. The number of hydrogen-bond acceptors (Lipinski definition) is 8. The molecule has 0 aromatic heterocycles. The van der Waals surface area contributed by atoms with E-state index in [2.05, 4.69) is 0 Å². The summed E-state index contributed by atoms with van der Waals surface area (Å²) in [4.78, 5) is 0. The molecule has 0 aromatic rings. The molecular weight excluding hydrogens is 313 g/mol. The van der Waals surface area contributed by atoms with Gasteiger partial charge in [0, 0.05) is 19.5 Å². The second-order valence-corrected chi connectivity index (χ2v) is 4.26. The van der Waals surface area contributed by atoms with Crippen molar-refractivity contribution in [2.45, 2.75) is 0 Å². The molecule has 0 aliphatic carbocycles. The molecule has 9 heteroatoms. The Hall–Kier alpha value is 0.303. The third-order valence-electron chi connectivity index (χ3n) is 2.68. The fourth-order valence-corrected chi connectivity index (χ4v) is 0.600. The zero-order chi connectivity index (χ0) is 14.7. The van der Waals surface area contributed by atoms with Crippen molar-refractivity contribution in [1.29, 1.82) is 0 Å². The van der Waals surface area contributed by atoms with Gasteiger partial charge in [0.05, 0.1) is 63.7 Å². The Morgan fingerprint density at radius 3 is 0.474 bits per heavy atom. The molecule has 114 valence electrons. The molecule has 0 aliphatic rings. The van der Waals surface area contributed by atoms with E-state index in [1.54, 1.807) is 0 Å². The minimum atomic E-state index is -1.11. The maximum absolute atomic E-state index is 8.50. The molecule has 0 rings (SSSR count). The Bertz CT molecular complexity index is 129. The van der Waals surface area contributed by atoms with Crippen LogP contribution in [-0.2, 0) is 19.5 Å². The third kappa shape index (κ3) is 8.24. The van der Waals surface area contributed by atoms with E-state index in [9.17, 15) is 0 Å². The van der Waals surface area contributed by atoms with Gasteiger partial charge in [-0.15, -0.1) is 0 Å². The Morgan fingerprint density at radius 2 is 0.474 bits per heavy atom. The van der Waals surface area contributed by atoms with Gasteiger partial charge >= 0.3 is 0 Å². The Balaban J connectivity index is -0.000000256. The van der Waals surface area contributed by atoms with E-state index in [1.165, 1.54) is 0 Å². The van der Waals surface area contributed by atoms with Crippen molar-refractivity contribution in [3.63, 3.8) is 0 Å². The molecule has 0 unspecified atom stereocenters. The topological polar surface area (TPSA) is 162 Å². The molecule has 0 aliphatic heterocycles. The fourth-order valence-electron chi connectivity index (χ4n) is 0.600. The Morgan fingerprint density at radius 1 is 0.368 bits per heavy atom. The summed E-state index contributed by atoms with van der Waals surface area (Å²) in [5.74, 6) is 0. The van der Waals surface area contributed by atoms with Crippen molar-refractivity contribution in [1.82, 2.24) is 0 Å². The number of aliphatic hydroxyl groups excluding tert-OH is 8. The molecule has 0 bridgehead atoms. The summed E-state index contributed by atoms with van der Waals surface area (Å²) in [7, 11) is 0. The molecule has 0 saturated heterocycles. The molecule has 0 aromatic carbocycles. The minimum Gasteiger partial charge on any atom is -0.396 e. The van der Waals surface area contributed by atoms with Crippen LogP contribution in [0, 0.1) is 10.8 Å². The number of aliphatic hydroxyl groups is 8. The van der Waals surface area contributed by atoms with Crippen LogP contribution in [0.5, 0.6) is 0 Å². The first-order valence-electron chi connectivity index (χ1n) is 5.36. The minimum absolute atomic E-state index is 0. The van der Waals surface area contributed by atoms with Crippen LogP contribution in [0.3, 0.4) is 0 Å². The maximum Gasteiger partial charge on any atom is 0.0627 e. The molecule has 0 radical (unpaired) electrons. The van der Waals surface area contributed by atoms with Crippen molar-refractivity contribution in [3.8, 4) is 0 Å². The molecule has 19 heavy (non-hydrogen) atoms. The standard InChI is InChI=1S/2C5H12O4.Zn/c2*6-1-5(2-7,3-8)4-9;/h2*6-9H,1-4H2;. The molecule has 0 spiro atoms. The largest absolute Gasteiger partial charge is 0.396 e. The van der Waals surface area contributed by atoms with Crippen LogP contribution in [0.25, 0.3) is 0 Å². The van der Waals surface area contributed by atoms with Gasteiger partial charge in [-0.1, -0.05) is 0 Å². The summed E-state index contributed by atoms with van der Waals surface area (Å²) in [5.41, 5.74) is -2.22. The van der Waals surface area contributed by atoms with Crippen LogP contribution in [0.4, 0.5) is 0 Å². The summed E-state index contributed by atoms with van der Waals surface area (Å²) >= 11 is 0. The summed E-state index contributed by atoms with van der Waals surface area (Å²) in [6.07, 6.45) is 0. The molecule has 0 atom stereocenters. The van der Waals surface area contributed by atoms with Crippen LogP contribution >= 0.6 is 0 Å². The van der Waals surface area contributed by atoms with Gasteiger partial charge in [-0.05, 0) is 0 Å². The van der Waals surface area contributed by atoms with Gasteiger partial charge < -0.3 is 40.9 Å². The Kier molecular flexibility index (Phi) is 17.0. The molecule has 0 fully saturated rings. The van der Waals surface area contributed by atoms with Crippen LogP contribution in [0.15, 0.2) is 0 Å². The first-order chi connectivity index (χ1) is 8.49. The van der Waals surface area contributed by atoms with Gasteiger partial charge in [0.1, 0.15) is 0 Å². The summed E-state index contributed by atoms with van der Waals surface area (Å²) in [5, 5.41) is 68.0. The van der Waals surface area contributed by atoms with E-state index in [0.717, 1.165) is 0 Å². The molecule has 0 amide bonds. The van der Waals surface area contributed by atoms with Crippen molar-refractivity contribution >= 4 is 0 Å². The first-order valence-corrected chi connectivity index (χ1v) is 5.36. The van der Waals surface area contributed by atoms with E-state index in [4.69, 9.17) is 40.9 Å². The van der Waals surface area contributed by atoms with Gasteiger partial charge in [-0.25, -0.2) is 0 Å². The van der Waals surface area contributed by atoms with Gasteiger partial charge in [-0.2, -0.15) is 0 Å². The van der Waals surface area contributed by atoms with Crippen molar-refractivity contribution in [2.24, 2.45) is 10.8 Å². The van der Waals surface area contributed by atoms with E-state index in [0.29, 0.717) is 0 Å². The SMILES string of the molecule is OCC(CO)(CO)CO.OCC(CO)(CO)CO.[Zn]. The van der Waals surface area contributed by atoms with Gasteiger partial charge in [0.25, 0.3) is 0 Å². The predicted octanol–water partition coefficient (Wildman–Crippen LogP) is -4.12. The predicted molar refractivity (Wildman–Crippen MR) is 61.6 cm³/mol. The van der Waals surface area contributed by atoms with Crippen molar-refractivity contribution in [3.05, 3.63) is 0 Å². The molecule has 0 saturated carbocycles. The number of hydrogen-bond donors (Lipinski definition) is 8. The quantitative estimate of drug-likeness (QED) is 0.207. The third-order valence-corrected chi connectivity index (χ3v) is 2.68. The molecule has 0 heterocycles. The Labute approximate surface area is 124 Å². The maximum atomic E-state index is 8.50. The normalized spacial score (nSPS) is 11.4. The average Bonchev–Trinajstić information content (AvgIpc) is 2.46. The average molecular weight is 338 g/mol. The smallest absolute Gasteiger partial charge is 0.0627 e. The van der Waals surface area contributed by atoms with Crippen molar-refractivity contribution < 1.29 is 60.3 Å². The van der Waals surface area contributed by atoms with Gasteiger partial charge in [-0.3, -0.25) is 0 Å². The zero-order valence-electron chi connectivity index (χ0n) is 10.9. The zero-order valence-corrected chi connectivity index (χ0v) is 13.9. The van der Waals surface area contributed by atoms with Crippen LogP contribution in [0.2, 0.25) is 0 Å². The van der Waals surface area contributed by atoms with Crippen LogP contribution in [-0.4, -0.2) is 93.7 Å². The second kappa shape index (κ2) is 13.3. The summed E-state index contributed by atoms with van der Waals surface area (Å²) in [6, 6.07) is 0. The van der Waals surface area contributed by atoms with E-state index in [-0.39, 0.29) is 19.5 Å². The van der Waals surface area contributed by atoms with E-state index < -0.39 is 63.7 Å². The molecule has 8 N–H and O–H groups in total. The number of rotatable bonds is 8. The fraction of sp³-hybridized carbons (Fsp3) is 1.00. The molecular formula is C10H24O8Zn. The van der Waals surface area contributed by atoms with E-state index >= 15 is 0 Å². The monoisotopic (exact) mass is 336 g/mol. The van der Waals surface area contributed by atoms with Crippen LogP contribution < -0.4 is 0 Å². The van der Waals surface area contributed by atoms with Crippen molar-refractivity contribution in [2.75, 3.05) is 52.9 Å². The molecule has 8 nitrogen and oxygen atoms in total. The first kappa shape index (κ1) is 24.3.